The van der Waals surface area contributed by atoms with Crippen LogP contribution in [0.5, 0.6) is 5.75 Å². The van der Waals surface area contributed by atoms with Gasteiger partial charge >= 0.3 is 0 Å². The van der Waals surface area contributed by atoms with Crippen LogP contribution < -0.4 is 9.46 Å². The van der Waals surface area contributed by atoms with Gasteiger partial charge in [0.05, 0.1) is 11.7 Å². The van der Waals surface area contributed by atoms with Crippen molar-refractivity contribution in [3.8, 4) is 33.0 Å². The third kappa shape index (κ3) is 4.22. The minimum absolute atomic E-state index is 0.0183. The average molecular weight is 437 g/mol. The maximum Gasteiger partial charge on any atom is 0.148 e. The van der Waals surface area contributed by atoms with Crippen LogP contribution in [0.2, 0.25) is 0 Å². The number of nitriles is 1. The second-order valence-electron chi connectivity index (χ2n) is 7.54. The van der Waals surface area contributed by atoms with Crippen molar-refractivity contribution in [1.82, 2.24) is 14.9 Å². The van der Waals surface area contributed by atoms with Crippen LogP contribution in [0.4, 0.5) is 0 Å². The Morgan fingerprint density at radius 3 is 2.83 bits per heavy atom. The molecule has 1 aliphatic rings. The van der Waals surface area contributed by atoms with Crippen LogP contribution in [0.3, 0.4) is 0 Å². The molecule has 4 rings (SSSR count). The summed E-state index contributed by atoms with van der Waals surface area (Å²) in [6.45, 7) is 3.90. The van der Waals surface area contributed by atoms with E-state index in [0.717, 1.165) is 34.8 Å². The van der Waals surface area contributed by atoms with Gasteiger partial charge in [0.1, 0.15) is 21.8 Å². The van der Waals surface area contributed by atoms with Gasteiger partial charge in [-0.1, -0.05) is 41.5 Å². The molecule has 0 aliphatic heterocycles. The van der Waals surface area contributed by atoms with Crippen molar-refractivity contribution >= 4 is 23.3 Å². The first kappa shape index (κ1) is 20.9. The number of benzene rings is 2. The molecular weight excluding hydrogens is 412 g/mol. The number of ether oxygens (including phenoxy) is 1. The highest BCUT2D eigenvalue weighted by atomic mass is 32.2. The summed E-state index contributed by atoms with van der Waals surface area (Å²) in [5.74, 6) is 0.602. The molecule has 7 heteroatoms. The molecule has 0 fully saturated rings. The van der Waals surface area contributed by atoms with Crippen molar-refractivity contribution in [3.63, 3.8) is 0 Å². The summed E-state index contributed by atoms with van der Waals surface area (Å²) in [6.07, 6.45) is 5.47. The Kier molecular flexibility index (Phi) is 6.38. The molecule has 5 nitrogen and oxygen atoms in total. The molecule has 0 bridgehead atoms. The Labute approximate surface area is 185 Å². The van der Waals surface area contributed by atoms with E-state index in [1.807, 2.05) is 32.0 Å². The largest absolute Gasteiger partial charge is 0.490 e. The van der Waals surface area contributed by atoms with Crippen LogP contribution in [-0.2, 0) is 6.42 Å². The van der Waals surface area contributed by atoms with Crippen molar-refractivity contribution in [2.75, 3.05) is 6.26 Å². The molecule has 1 heterocycles. The molecule has 0 spiro atoms. The molecule has 154 valence electrons. The summed E-state index contributed by atoms with van der Waals surface area (Å²) >= 11 is 3.24. The maximum atomic E-state index is 9.52. The minimum Gasteiger partial charge on any atom is -0.490 e. The zero-order valence-corrected chi connectivity index (χ0v) is 18.9. The maximum absolute atomic E-state index is 9.52. The van der Waals surface area contributed by atoms with Crippen LogP contribution >= 0.6 is 23.3 Å². The van der Waals surface area contributed by atoms with Crippen LogP contribution in [0.15, 0.2) is 36.4 Å². The molecule has 0 saturated heterocycles. The van der Waals surface area contributed by atoms with Gasteiger partial charge < -0.3 is 4.74 Å². The monoisotopic (exact) mass is 436 g/mol. The standard InChI is InChI=1S/C23H24N4OS2/c1-14(2)28-21-11-10-15(12-16(21)13-24)22-25-26-23(30-22)19-8-4-7-18-17(19)6-5-9-20(18)27-29-3/h4,7-8,10-12,14,20,27H,5-6,9H2,1-3H3. The fourth-order valence-corrected chi connectivity index (χ4v) is 5.29. The Morgan fingerprint density at radius 2 is 2.07 bits per heavy atom. The SMILES string of the molecule is CSNC1CCCc2c(-c3nnc(-c4ccc(OC(C)C)c(C#N)c4)s3)cccc21. The molecule has 2 aromatic carbocycles. The lowest BCUT2D eigenvalue weighted by molar-refractivity contribution is 0.242. The van der Waals surface area contributed by atoms with Gasteiger partial charge in [-0.25, -0.2) is 0 Å². The van der Waals surface area contributed by atoms with E-state index in [1.165, 1.54) is 16.7 Å². The van der Waals surface area contributed by atoms with Crippen LogP contribution in [-0.4, -0.2) is 22.6 Å². The normalized spacial score (nSPS) is 15.6. The van der Waals surface area contributed by atoms with Gasteiger partial charge in [-0.3, -0.25) is 4.72 Å². The quantitative estimate of drug-likeness (QED) is 0.494. The molecule has 1 N–H and O–H groups in total. The van der Waals surface area contributed by atoms with Crippen molar-refractivity contribution < 1.29 is 4.74 Å². The van der Waals surface area contributed by atoms with E-state index in [2.05, 4.69) is 45.4 Å². The third-order valence-electron chi connectivity index (χ3n) is 5.13. The smallest absolute Gasteiger partial charge is 0.148 e. The first-order valence-electron chi connectivity index (χ1n) is 10.1. The number of hydrogen-bond donors (Lipinski definition) is 1. The molecule has 0 saturated carbocycles. The van der Waals surface area contributed by atoms with Crippen molar-refractivity contribution in [2.45, 2.75) is 45.3 Å². The van der Waals surface area contributed by atoms with Crippen molar-refractivity contribution in [2.24, 2.45) is 0 Å². The highest BCUT2D eigenvalue weighted by Gasteiger charge is 2.23. The molecule has 0 radical (unpaired) electrons. The van der Waals surface area contributed by atoms with Crippen LogP contribution in [0.25, 0.3) is 21.1 Å². The van der Waals surface area contributed by atoms with Crippen molar-refractivity contribution in [3.05, 3.63) is 53.1 Å². The van der Waals surface area contributed by atoms with E-state index in [4.69, 9.17) is 4.74 Å². The van der Waals surface area contributed by atoms with Crippen LogP contribution in [0, 0.1) is 11.3 Å². The zero-order chi connectivity index (χ0) is 21.1. The Bertz CT molecular complexity index is 1090. The summed E-state index contributed by atoms with van der Waals surface area (Å²) in [4.78, 5) is 0. The van der Waals surface area contributed by atoms with E-state index in [1.54, 1.807) is 23.3 Å². The van der Waals surface area contributed by atoms with Gasteiger partial charge in [0.2, 0.25) is 0 Å². The molecule has 3 aromatic rings. The van der Waals surface area contributed by atoms with E-state index in [0.29, 0.717) is 17.4 Å². The van der Waals surface area contributed by atoms with E-state index in [-0.39, 0.29) is 6.10 Å². The fraction of sp³-hybridized carbons (Fsp3) is 0.348. The predicted molar refractivity (Wildman–Crippen MR) is 124 cm³/mol. The highest BCUT2D eigenvalue weighted by Crippen LogP contribution is 2.39. The first-order valence-corrected chi connectivity index (χ1v) is 12.1. The summed E-state index contributed by atoms with van der Waals surface area (Å²) in [5, 5.41) is 20.2. The summed E-state index contributed by atoms with van der Waals surface area (Å²) in [5.41, 5.74) is 5.31. The lowest BCUT2D eigenvalue weighted by atomic mass is 9.85. The van der Waals surface area contributed by atoms with Gasteiger partial charge in [0, 0.05) is 17.2 Å². The molecule has 30 heavy (non-hydrogen) atoms. The molecular formula is C23H24N4OS2. The lowest BCUT2D eigenvalue weighted by Gasteiger charge is -2.27. The Morgan fingerprint density at radius 1 is 1.23 bits per heavy atom. The number of nitrogens with one attached hydrogen (secondary N) is 1. The van der Waals surface area contributed by atoms with E-state index >= 15 is 0 Å². The second kappa shape index (κ2) is 9.17. The molecule has 1 aromatic heterocycles. The molecule has 0 amide bonds. The van der Waals surface area contributed by atoms with Crippen LogP contribution in [0.1, 0.15) is 49.4 Å². The number of rotatable bonds is 6. The van der Waals surface area contributed by atoms with Gasteiger partial charge in [-0.15, -0.1) is 10.2 Å². The van der Waals surface area contributed by atoms with E-state index < -0.39 is 0 Å². The summed E-state index contributed by atoms with van der Waals surface area (Å²) < 4.78 is 9.25. The minimum atomic E-state index is 0.0183. The first-order chi connectivity index (χ1) is 14.6. The predicted octanol–water partition coefficient (Wildman–Crippen LogP) is 5.78. The zero-order valence-electron chi connectivity index (χ0n) is 17.3. The number of fused-ring (bicyclic) bond motifs is 1. The Balaban J connectivity index is 1.68. The Hall–Kier alpha value is -2.40. The molecule has 1 atom stereocenters. The van der Waals surface area contributed by atoms with Crippen molar-refractivity contribution in [1.29, 1.82) is 5.26 Å². The van der Waals surface area contributed by atoms with Gasteiger partial charge in [0.15, 0.2) is 0 Å². The number of nitrogens with zero attached hydrogens (tertiary/aromatic N) is 3. The summed E-state index contributed by atoms with van der Waals surface area (Å²) in [6, 6.07) is 14.7. The van der Waals surface area contributed by atoms with Gasteiger partial charge in [0.25, 0.3) is 0 Å². The lowest BCUT2D eigenvalue weighted by Crippen LogP contribution is -2.20. The second-order valence-corrected chi connectivity index (χ2v) is 9.16. The number of hydrogen-bond acceptors (Lipinski definition) is 7. The highest BCUT2D eigenvalue weighted by molar-refractivity contribution is 7.96. The third-order valence-corrected chi connectivity index (χ3v) is 6.66. The average Bonchev–Trinajstić information content (AvgIpc) is 3.24. The van der Waals surface area contributed by atoms with E-state index in [9.17, 15) is 5.26 Å². The fourth-order valence-electron chi connectivity index (χ4n) is 3.87. The number of aromatic nitrogens is 2. The molecule has 1 aliphatic carbocycles. The topological polar surface area (TPSA) is 70.8 Å². The van der Waals surface area contributed by atoms with Gasteiger partial charge in [-0.2, -0.15) is 5.26 Å². The molecule has 1 unspecified atom stereocenters. The van der Waals surface area contributed by atoms with Gasteiger partial charge in [-0.05, 0) is 68.7 Å². The summed E-state index contributed by atoms with van der Waals surface area (Å²) in [7, 11) is 0.